The number of ether oxygens (including phenoxy) is 2. The number of esters is 1. The maximum atomic E-state index is 13.5. The standard InChI is InChI=1S/C16H13BrFNO4/c1-22-14-7-2-10(8-13(14)18)16(21)23-9-15(20)19-12-5-3-11(17)4-6-12/h2-8H,9H2,1H3,(H,19,20). The van der Waals surface area contributed by atoms with Crippen molar-refractivity contribution >= 4 is 33.5 Å². The number of carbonyl (C=O) groups is 2. The van der Waals surface area contributed by atoms with E-state index in [1.165, 1.54) is 19.2 Å². The predicted octanol–water partition coefficient (Wildman–Crippen LogP) is 3.39. The van der Waals surface area contributed by atoms with Gasteiger partial charge in [-0.25, -0.2) is 9.18 Å². The SMILES string of the molecule is COc1ccc(C(=O)OCC(=O)Nc2ccc(Br)cc2)cc1F. The Morgan fingerprint density at radius 2 is 1.87 bits per heavy atom. The molecule has 0 atom stereocenters. The third kappa shape index (κ3) is 4.79. The number of amides is 1. The fraction of sp³-hybridized carbons (Fsp3) is 0.125. The lowest BCUT2D eigenvalue weighted by atomic mass is 10.2. The molecule has 7 heteroatoms. The highest BCUT2D eigenvalue weighted by atomic mass is 79.9. The van der Waals surface area contributed by atoms with Gasteiger partial charge in [-0.3, -0.25) is 4.79 Å². The molecule has 0 heterocycles. The maximum absolute atomic E-state index is 13.5. The Kier molecular flexibility index (Phi) is 5.70. The number of hydrogen-bond donors (Lipinski definition) is 1. The molecule has 0 aromatic heterocycles. The van der Waals surface area contributed by atoms with Crippen molar-refractivity contribution in [2.24, 2.45) is 0 Å². The molecule has 0 aliphatic carbocycles. The van der Waals surface area contributed by atoms with E-state index in [0.29, 0.717) is 5.69 Å². The van der Waals surface area contributed by atoms with Crippen molar-refractivity contribution in [1.29, 1.82) is 0 Å². The Bertz CT molecular complexity index is 719. The molecule has 1 N–H and O–H groups in total. The van der Waals surface area contributed by atoms with E-state index in [1.54, 1.807) is 24.3 Å². The summed E-state index contributed by atoms with van der Waals surface area (Å²) in [5.74, 6) is -1.94. The van der Waals surface area contributed by atoms with E-state index < -0.39 is 24.3 Å². The van der Waals surface area contributed by atoms with Crippen molar-refractivity contribution in [2.75, 3.05) is 19.0 Å². The molecule has 2 rings (SSSR count). The van der Waals surface area contributed by atoms with Crippen molar-refractivity contribution in [3.63, 3.8) is 0 Å². The third-order valence-electron chi connectivity index (χ3n) is 2.85. The molecule has 120 valence electrons. The van der Waals surface area contributed by atoms with Gasteiger partial charge in [0.05, 0.1) is 12.7 Å². The molecular formula is C16H13BrFNO4. The van der Waals surface area contributed by atoms with Gasteiger partial charge in [-0.15, -0.1) is 0 Å². The zero-order valence-corrected chi connectivity index (χ0v) is 13.7. The van der Waals surface area contributed by atoms with Gasteiger partial charge < -0.3 is 14.8 Å². The van der Waals surface area contributed by atoms with Crippen molar-refractivity contribution in [2.45, 2.75) is 0 Å². The van der Waals surface area contributed by atoms with Crippen molar-refractivity contribution < 1.29 is 23.5 Å². The minimum absolute atomic E-state index is 0.000239. The second kappa shape index (κ2) is 7.73. The number of hydrogen-bond acceptors (Lipinski definition) is 4. The molecule has 0 unspecified atom stereocenters. The first kappa shape index (κ1) is 17.0. The fourth-order valence-electron chi connectivity index (χ4n) is 1.74. The topological polar surface area (TPSA) is 64.6 Å². The molecule has 23 heavy (non-hydrogen) atoms. The second-order valence-corrected chi connectivity index (χ2v) is 5.40. The summed E-state index contributed by atoms with van der Waals surface area (Å²) in [6, 6.07) is 10.6. The van der Waals surface area contributed by atoms with Crippen molar-refractivity contribution in [3.8, 4) is 5.75 Å². The minimum atomic E-state index is -0.794. The molecular weight excluding hydrogens is 369 g/mol. The van der Waals surface area contributed by atoms with Crippen LogP contribution in [-0.2, 0) is 9.53 Å². The van der Waals surface area contributed by atoms with Crippen LogP contribution in [0.1, 0.15) is 10.4 Å². The summed E-state index contributed by atoms with van der Waals surface area (Å²) < 4.78 is 24.0. The lowest BCUT2D eigenvalue weighted by Gasteiger charge is -2.07. The largest absolute Gasteiger partial charge is 0.494 e. The van der Waals surface area contributed by atoms with Crippen LogP contribution in [0.5, 0.6) is 5.75 Å². The van der Waals surface area contributed by atoms with Crippen LogP contribution in [0.3, 0.4) is 0 Å². The number of carbonyl (C=O) groups excluding carboxylic acids is 2. The number of methoxy groups -OCH3 is 1. The van der Waals surface area contributed by atoms with Gasteiger partial charge in [-0.2, -0.15) is 0 Å². The number of halogens is 2. The highest BCUT2D eigenvalue weighted by molar-refractivity contribution is 9.10. The first-order valence-corrected chi connectivity index (χ1v) is 7.35. The average Bonchev–Trinajstić information content (AvgIpc) is 2.54. The average molecular weight is 382 g/mol. The molecule has 0 bridgehead atoms. The summed E-state index contributed by atoms with van der Waals surface area (Å²) in [5.41, 5.74) is 0.574. The summed E-state index contributed by atoms with van der Waals surface area (Å²) in [6.45, 7) is -0.470. The number of benzene rings is 2. The molecule has 0 aliphatic rings. The van der Waals surface area contributed by atoms with Gasteiger partial charge in [0.1, 0.15) is 0 Å². The lowest BCUT2D eigenvalue weighted by Crippen LogP contribution is -2.21. The third-order valence-corrected chi connectivity index (χ3v) is 3.38. The van der Waals surface area contributed by atoms with E-state index in [1.807, 2.05) is 0 Å². The van der Waals surface area contributed by atoms with Gasteiger partial charge in [-0.1, -0.05) is 15.9 Å². The molecule has 0 saturated heterocycles. The first-order chi connectivity index (χ1) is 11.0. The van der Waals surface area contributed by atoms with Crippen molar-refractivity contribution in [3.05, 3.63) is 58.3 Å². The van der Waals surface area contributed by atoms with Gasteiger partial charge in [0, 0.05) is 10.2 Å². The summed E-state index contributed by atoms with van der Waals surface area (Å²) in [7, 11) is 1.32. The monoisotopic (exact) mass is 381 g/mol. The highest BCUT2D eigenvalue weighted by Gasteiger charge is 2.13. The van der Waals surface area contributed by atoms with Crippen LogP contribution < -0.4 is 10.1 Å². The molecule has 0 saturated carbocycles. The Hall–Kier alpha value is -2.41. The summed E-state index contributed by atoms with van der Waals surface area (Å²) >= 11 is 3.28. The predicted molar refractivity (Wildman–Crippen MR) is 86.0 cm³/mol. The molecule has 2 aromatic carbocycles. The Labute approximate surface area is 140 Å². The van der Waals surface area contributed by atoms with Gasteiger partial charge in [0.2, 0.25) is 0 Å². The number of nitrogens with one attached hydrogen (secondary N) is 1. The van der Waals surface area contributed by atoms with E-state index in [2.05, 4.69) is 21.2 Å². The number of rotatable bonds is 5. The summed E-state index contributed by atoms with van der Waals surface area (Å²) in [4.78, 5) is 23.5. The van der Waals surface area contributed by atoms with E-state index in [4.69, 9.17) is 9.47 Å². The van der Waals surface area contributed by atoms with Crippen LogP contribution in [-0.4, -0.2) is 25.6 Å². The quantitative estimate of drug-likeness (QED) is 0.806. The van der Waals surface area contributed by atoms with Crippen molar-refractivity contribution in [1.82, 2.24) is 0 Å². The van der Waals surface area contributed by atoms with E-state index >= 15 is 0 Å². The van der Waals surface area contributed by atoms with E-state index in [-0.39, 0.29) is 11.3 Å². The van der Waals surface area contributed by atoms with Crippen LogP contribution in [0.2, 0.25) is 0 Å². The summed E-state index contributed by atoms with van der Waals surface area (Å²) in [6.07, 6.45) is 0. The first-order valence-electron chi connectivity index (χ1n) is 6.55. The van der Waals surface area contributed by atoms with Gasteiger partial charge in [0.25, 0.3) is 5.91 Å². The molecule has 5 nitrogen and oxygen atoms in total. The molecule has 0 aliphatic heterocycles. The second-order valence-electron chi connectivity index (χ2n) is 4.48. The molecule has 0 radical (unpaired) electrons. The Morgan fingerprint density at radius 1 is 1.17 bits per heavy atom. The van der Waals surface area contributed by atoms with Gasteiger partial charge in [-0.05, 0) is 42.5 Å². The lowest BCUT2D eigenvalue weighted by molar-refractivity contribution is -0.119. The zero-order valence-electron chi connectivity index (χ0n) is 12.1. The van der Waals surface area contributed by atoms with E-state index in [9.17, 15) is 14.0 Å². The van der Waals surface area contributed by atoms with Crippen LogP contribution >= 0.6 is 15.9 Å². The van der Waals surface area contributed by atoms with Crippen LogP contribution in [0, 0.1) is 5.82 Å². The fourth-order valence-corrected chi connectivity index (χ4v) is 2.00. The van der Waals surface area contributed by atoms with Gasteiger partial charge in [0.15, 0.2) is 18.2 Å². The van der Waals surface area contributed by atoms with Crippen LogP contribution in [0.25, 0.3) is 0 Å². The molecule has 0 fully saturated rings. The molecule has 2 aromatic rings. The highest BCUT2D eigenvalue weighted by Crippen LogP contribution is 2.18. The molecule has 0 spiro atoms. The van der Waals surface area contributed by atoms with Gasteiger partial charge >= 0.3 is 5.97 Å². The zero-order chi connectivity index (χ0) is 16.8. The van der Waals surface area contributed by atoms with E-state index in [0.717, 1.165) is 10.5 Å². The maximum Gasteiger partial charge on any atom is 0.338 e. The summed E-state index contributed by atoms with van der Waals surface area (Å²) in [5, 5.41) is 2.57. The Balaban J connectivity index is 1.89. The number of anilines is 1. The van der Waals surface area contributed by atoms with Crippen LogP contribution in [0.4, 0.5) is 10.1 Å². The minimum Gasteiger partial charge on any atom is -0.494 e. The molecule has 1 amide bonds. The normalized spacial score (nSPS) is 10.0. The Morgan fingerprint density at radius 3 is 2.48 bits per heavy atom. The van der Waals surface area contributed by atoms with Crippen LogP contribution in [0.15, 0.2) is 46.9 Å². The smallest absolute Gasteiger partial charge is 0.338 e.